The van der Waals surface area contributed by atoms with Crippen molar-refractivity contribution in [1.82, 2.24) is 9.55 Å². The van der Waals surface area contributed by atoms with Crippen LogP contribution < -0.4 is 5.32 Å². The average Bonchev–Trinajstić information content (AvgIpc) is 3.04. The summed E-state index contributed by atoms with van der Waals surface area (Å²) in [5, 5.41) is 3.29. The minimum absolute atomic E-state index is 0.0433. The number of hydrogen-bond acceptors (Lipinski definition) is 3. The zero-order chi connectivity index (χ0) is 13.2. The summed E-state index contributed by atoms with van der Waals surface area (Å²) in [5.74, 6) is 1.05. The Morgan fingerprint density at radius 2 is 2.32 bits per heavy atom. The second-order valence-electron chi connectivity index (χ2n) is 4.79. The second-order valence-corrected chi connectivity index (χ2v) is 4.79. The fourth-order valence-electron chi connectivity index (χ4n) is 2.65. The smallest absolute Gasteiger partial charge is 0.149 e. The lowest BCUT2D eigenvalue weighted by atomic mass is 9.95. The number of hydrogen-bond donors (Lipinski definition) is 1. The summed E-state index contributed by atoms with van der Waals surface area (Å²) in [5.41, 5.74) is 2.20. The van der Waals surface area contributed by atoms with Crippen LogP contribution in [-0.4, -0.2) is 21.9 Å². The zero-order valence-electron chi connectivity index (χ0n) is 11.0. The number of imidazole rings is 1. The SMILES string of the molecule is CCn1ccnc1CC(=O)C1CNc2ccccc21. The molecule has 1 atom stereocenters. The van der Waals surface area contributed by atoms with Gasteiger partial charge in [0.1, 0.15) is 11.6 Å². The topological polar surface area (TPSA) is 46.9 Å². The normalized spacial score (nSPS) is 17.0. The number of nitrogens with one attached hydrogen (secondary N) is 1. The van der Waals surface area contributed by atoms with Crippen LogP contribution in [-0.2, 0) is 17.8 Å². The van der Waals surface area contributed by atoms with Crippen molar-refractivity contribution in [2.75, 3.05) is 11.9 Å². The van der Waals surface area contributed by atoms with Gasteiger partial charge in [-0.25, -0.2) is 4.98 Å². The van der Waals surface area contributed by atoms with Crippen LogP contribution >= 0.6 is 0 Å². The Morgan fingerprint density at radius 3 is 3.16 bits per heavy atom. The zero-order valence-corrected chi connectivity index (χ0v) is 11.0. The monoisotopic (exact) mass is 255 g/mol. The minimum atomic E-state index is -0.0433. The number of Topliss-reactive ketones (excluding diaryl/α,β-unsaturated/α-hetero) is 1. The standard InChI is InChI=1S/C15H17N3O/c1-2-18-8-7-16-15(18)9-14(19)12-10-17-13-6-4-3-5-11(12)13/h3-8,12,17H,2,9-10H2,1H3. The minimum Gasteiger partial charge on any atom is -0.384 e. The van der Waals surface area contributed by atoms with Crippen LogP contribution in [0.1, 0.15) is 24.2 Å². The molecule has 0 fully saturated rings. The van der Waals surface area contributed by atoms with Gasteiger partial charge in [-0.1, -0.05) is 18.2 Å². The van der Waals surface area contributed by atoms with Crippen LogP contribution in [0.25, 0.3) is 0 Å². The van der Waals surface area contributed by atoms with E-state index in [9.17, 15) is 4.79 Å². The van der Waals surface area contributed by atoms with Crippen molar-refractivity contribution in [1.29, 1.82) is 0 Å². The van der Waals surface area contributed by atoms with E-state index < -0.39 is 0 Å². The van der Waals surface area contributed by atoms with Crippen LogP contribution in [0, 0.1) is 0 Å². The number of aryl methyl sites for hydroxylation is 1. The number of benzene rings is 1. The summed E-state index contributed by atoms with van der Waals surface area (Å²) >= 11 is 0. The van der Waals surface area contributed by atoms with E-state index >= 15 is 0 Å². The molecule has 0 bridgehead atoms. The summed E-state index contributed by atoms with van der Waals surface area (Å²) in [7, 11) is 0. The molecule has 0 spiro atoms. The number of rotatable bonds is 4. The summed E-state index contributed by atoms with van der Waals surface area (Å²) in [6.45, 7) is 3.61. The fourth-order valence-corrected chi connectivity index (χ4v) is 2.65. The third-order valence-electron chi connectivity index (χ3n) is 3.70. The molecule has 0 saturated heterocycles. The number of carbonyl (C=O) groups is 1. The lowest BCUT2D eigenvalue weighted by Gasteiger charge is -2.09. The van der Waals surface area contributed by atoms with E-state index in [4.69, 9.17) is 0 Å². The Balaban J connectivity index is 1.79. The van der Waals surface area contributed by atoms with Gasteiger partial charge in [-0.15, -0.1) is 0 Å². The number of para-hydroxylation sites is 1. The molecular formula is C15H17N3O. The number of anilines is 1. The maximum absolute atomic E-state index is 12.5. The van der Waals surface area contributed by atoms with Gasteiger partial charge < -0.3 is 9.88 Å². The van der Waals surface area contributed by atoms with E-state index in [2.05, 4.69) is 17.2 Å². The number of carbonyl (C=O) groups excluding carboxylic acids is 1. The fraction of sp³-hybridized carbons (Fsp3) is 0.333. The molecule has 1 aliphatic rings. The first kappa shape index (κ1) is 12.0. The van der Waals surface area contributed by atoms with Gasteiger partial charge in [-0.2, -0.15) is 0 Å². The summed E-state index contributed by atoms with van der Waals surface area (Å²) in [6.07, 6.45) is 4.08. The molecule has 0 aliphatic carbocycles. The molecule has 3 rings (SSSR count). The van der Waals surface area contributed by atoms with Gasteiger partial charge in [0.2, 0.25) is 0 Å². The Kier molecular flexibility index (Phi) is 3.07. The number of nitrogens with zero attached hydrogens (tertiary/aromatic N) is 2. The third-order valence-corrected chi connectivity index (χ3v) is 3.70. The van der Waals surface area contributed by atoms with Crippen LogP contribution in [0.5, 0.6) is 0 Å². The average molecular weight is 255 g/mol. The van der Waals surface area contributed by atoms with Crippen molar-refractivity contribution < 1.29 is 4.79 Å². The molecule has 1 unspecified atom stereocenters. The molecule has 4 heteroatoms. The quantitative estimate of drug-likeness (QED) is 0.911. The largest absolute Gasteiger partial charge is 0.384 e. The lowest BCUT2D eigenvalue weighted by molar-refractivity contribution is -0.119. The highest BCUT2D eigenvalue weighted by molar-refractivity contribution is 5.90. The summed E-state index contributed by atoms with van der Waals surface area (Å²) < 4.78 is 2.02. The predicted octanol–water partition coefficient (Wildman–Crippen LogP) is 2.22. The first-order valence-corrected chi connectivity index (χ1v) is 6.65. The molecule has 0 radical (unpaired) electrons. The van der Waals surface area contributed by atoms with E-state index in [-0.39, 0.29) is 11.7 Å². The van der Waals surface area contributed by atoms with E-state index in [1.54, 1.807) is 6.20 Å². The van der Waals surface area contributed by atoms with Crippen molar-refractivity contribution in [3.63, 3.8) is 0 Å². The Morgan fingerprint density at radius 1 is 1.47 bits per heavy atom. The Hall–Kier alpha value is -2.10. The maximum Gasteiger partial charge on any atom is 0.149 e. The molecule has 0 amide bonds. The molecule has 4 nitrogen and oxygen atoms in total. The molecular weight excluding hydrogens is 238 g/mol. The van der Waals surface area contributed by atoms with E-state index in [0.29, 0.717) is 13.0 Å². The molecule has 0 saturated carbocycles. The van der Waals surface area contributed by atoms with Gasteiger partial charge in [0.05, 0.1) is 12.3 Å². The van der Waals surface area contributed by atoms with Crippen LogP contribution in [0.3, 0.4) is 0 Å². The Bertz CT molecular complexity index is 603. The van der Waals surface area contributed by atoms with Gasteiger partial charge in [0.25, 0.3) is 0 Å². The maximum atomic E-state index is 12.5. The van der Waals surface area contributed by atoms with Gasteiger partial charge in [-0.3, -0.25) is 4.79 Å². The highest BCUT2D eigenvalue weighted by Crippen LogP contribution is 2.32. The third kappa shape index (κ3) is 2.14. The highest BCUT2D eigenvalue weighted by Gasteiger charge is 2.28. The first-order chi connectivity index (χ1) is 9.29. The van der Waals surface area contributed by atoms with Gasteiger partial charge in [0, 0.05) is 31.2 Å². The molecule has 2 heterocycles. The number of aromatic nitrogens is 2. The predicted molar refractivity (Wildman–Crippen MR) is 74.3 cm³/mol. The number of fused-ring (bicyclic) bond motifs is 1. The van der Waals surface area contributed by atoms with Crippen LogP contribution in [0.2, 0.25) is 0 Å². The van der Waals surface area contributed by atoms with Crippen molar-refractivity contribution >= 4 is 11.5 Å². The summed E-state index contributed by atoms with van der Waals surface area (Å²) in [4.78, 5) is 16.7. The molecule has 1 aliphatic heterocycles. The lowest BCUT2D eigenvalue weighted by Crippen LogP contribution is -2.19. The Labute approximate surface area is 112 Å². The van der Waals surface area contributed by atoms with Gasteiger partial charge in [-0.05, 0) is 18.6 Å². The summed E-state index contributed by atoms with van der Waals surface area (Å²) in [6, 6.07) is 8.03. The van der Waals surface area contributed by atoms with Crippen molar-refractivity contribution in [2.45, 2.75) is 25.8 Å². The highest BCUT2D eigenvalue weighted by atomic mass is 16.1. The molecule has 1 aromatic heterocycles. The molecule has 98 valence electrons. The molecule has 1 N–H and O–H groups in total. The van der Waals surface area contributed by atoms with Crippen molar-refractivity contribution in [2.24, 2.45) is 0 Å². The van der Waals surface area contributed by atoms with E-state index in [1.165, 1.54) is 0 Å². The first-order valence-electron chi connectivity index (χ1n) is 6.65. The van der Waals surface area contributed by atoms with Gasteiger partial charge in [0.15, 0.2) is 0 Å². The molecule has 1 aromatic carbocycles. The van der Waals surface area contributed by atoms with Crippen LogP contribution in [0.4, 0.5) is 5.69 Å². The van der Waals surface area contributed by atoms with Crippen molar-refractivity contribution in [3.05, 3.63) is 48.0 Å². The molecule has 19 heavy (non-hydrogen) atoms. The van der Waals surface area contributed by atoms with E-state index in [1.807, 2.05) is 35.0 Å². The number of ketones is 1. The van der Waals surface area contributed by atoms with Gasteiger partial charge >= 0.3 is 0 Å². The second kappa shape index (κ2) is 4.88. The van der Waals surface area contributed by atoms with Crippen LogP contribution in [0.15, 0.2) is 36.7 Å². The molecule has 2 aromatic rings. The van der Waals surface area contributed by atoms with E-state index in [0.717, 1.165) is 23.6 Å². The van der Waals surface area contributed by atoms with Crippen molar-refractivity contribution in [3.8, 4) is 0 Å².